The van der Waals surface area contributed by atoms with E-state index in [4.69, 9.17) is 14.6 Å². The van der Waals surface area contributed by atoms with Gasteiger partial charge in [-0.3, -0.25) is 0 Å². The molecular formula is C22H40O3. The molecule has 0 aromatic rings. The topological polar surface area (TPSA) is 38.7 Å². The van der Waals surface area contributed by atoms with Crippen LogP contribution in [0.3, 0.4) is 0 Å². The van der Waals surface area contributed by atoms with Crippen molar-refractivity contribution >= 4 is 0 Å². The lowest BCUT2D eigenvalue weighted by atomic mass is 10.1. The number of hydrogen-bond donors (Lipinski definition) is 1. The van der Waals surface area contributed by atoms with E-state index in [1.165, 1.54) is 32.1 Å². The Bertz CT molecular complexity index is 312. The van der Waals surface area contributed by atoms with E-state index >= 15 is 0 Å². The van der Waals surface area contributed by atoms with Crippen LogP contribution < -0.4 is 0 Å². The van der Waals surface area contributed by atoms with Gasteiger partial charge >= 0.3 is 0 Å². The molecule has 0 aliphatic heterocycles. The summed E-state index contributed by atoms with van der Waals surface area (Å²) in [6.07, 6.45) is 21.9. The number of rotatable bonds is 20. The average Bonchev–Trinajstić information content (AvgIpc) is 2.63. The molecule has 0 fully saturated rings. The van der Waals surface area contributed by atoms with Crippen LogP contribution in [0.4, 0.5) is 0 Å². The highest BCUT2D eigenvalue weighted by molar-refractivity contribution is 4.82. The fraction of sp³-hybridized carbons (Fsp3) is 0.727. The van der Waals surface area contributed by atoms with Crippen LogP contribution in [0.15, 0.2) is 37.5 Å². The maximum atomic E-state index is 8.67. The zero-order valence-corrected chi connectivity index (χ0v) is 16.2. The average molecular weight is 353 g/mol. The number of hydrogen-bond acceptors (Lipinski definition) is 3. The Kier molecular flexibility index (Phi) is 20.4. The van der Waals surface area contributed by atoms with E-state index in [1.807, 2.05) is 12.2 Å². The first-order valence-electron chi connectivity index (χ1n) is 10.0. The van der Waals surface area contributed by atoms with Gasteiger partial charge in [0.1, 0.15) is 0 Å². The summed E-state index contributed by atoms with van der Waals surface area (Å²) in [4.78, 5) is 0. The number of unbranched alkanes of at least 4 members (excludes halogenated alkanes) is 6. The van der Waals surface area contributed by atoms with Gasteiger partial charge in [0, 0.05) is 0 Å². The molecule has 3 nitrogen and oxygen atoms in total. The molecule has 1 unspecified atom stereocenters. The quantitative estimate of drug-likeness (QED) is 0.229. The summed E-state index contributed by atoms with van der Waals surface area (Å²) in [7, 11) is 0. The summed E-state index contributed by atoms with van der Waals surface area (Å²) in [5.74, 6) is 0. The molecular weight excluding hydrogens is 312 g/mol. The van der Waals surface area contributed by atoms with Gasteiger partial charge in [-0.15, -0.1) is 13.2 Å². The maximum absolute atomic E-state index is 8.67. The van der Waals surface area contributed by atoms with Crippen LogP contribution in [0.5, 0.6) is 0 Å². The lowest BCUT2D eigenvalue weighted by molar-refractivity contribution is -0.00851. The normalized spacial score (nSPS) is 12.5. The van der Waals surface area contributed by atoms with Crippen molar-refractivity contribution in [3.63, 3.8) is 0 Å². The zero-order valence-electron chi connectivity index (χ0n) is 16.2. The van der Waals surface area contributed by atoms with Crippen molar-refractivity contribution in [1.82, 2.24) is 0 Å². The molecule has 0 aliphatic carbocycles. The summed E-state index contributed by atoms with van der Waals surface area (Å²) < 4.78 is 11.1. The standard InChI is InChI=1S/C22H40O3/c1-3-5-7-8-9-10-11-12-13-14-15-17-22(16-6-4-2)25-21-20-24-19-18-23/h3-4,12-13,22-23H,1-2,5-11,14-21H2/b13-12+. The zero-order chi connectivity index (χ0) is 18.4. The van der Waals surface area contributed by atoms with Gasteiger partial charge < -0.3 is 14.6 Å². The van der Waals surface area contributed by atoms with E-state index in [9.17, 15) is 0 Å². The number of aliphatic hydroxyl groups is 1. The van der Waals surface area contributed by atoms with E-state index in [0.717, 1.165) is 38.5 Å². The van der Waals surface area contributed by atoms with Crippen molar-refractivity contribution in [1.29, 1.82) is 0 Å². The maximum Gasteiger partial charge on any atom is 0.0704 e. The van der Waals surface area contributed by atoms with Crippen LogP contribution >= 0.6 is 0 Å². The summed E-state index contributed by atoms with van der Waals surface area (Å²) in [5, 5.41) is 8.67. The van der Waals surface area contributed by atoms with E-state index in [2.05, 4.69) is 25.3 Å². The third-order valence-corrected chi connectivity index (χ3v) is 4.10. The van der Waals surface area contributed by atoms with E-state index < -0.39 is 0 Å². The number of allylic oxidation sites excluding steroid dienone is 4. The highest BCUT2D eigenvalue weighted by atomic mass is 16.5. The summed E-state index contributed by atoms with van der Waals surface area (Å²) in [6.45, 7) is 9.16. The minimum atomic E-state index is 0.0705. The SMILES string of the molecule is C=CCCCCCC/C=C/CCCC(CCC=C)OCCOCCO. The monoisotopic (exact) mass is 352 g/mol. The van der Waals surface area contributed by atoms with Crippen LogP contribution in [-0.4, -0.2) is 37.6 Å². The summed E-state index contributed by atoms with van der Waals surface area (Å²) in [5.41, 5.74) is 0. The second-order valence-corrected chi connectivity index (χ2v) is 6.38. The largest absolute Gasteiger partial charge is 0.394 e. The number of aliphatic hydroxyl groups excluding tert-OH is 1. The molecule has 25 heavy (non-hydrogen) atoms. The Balaban J connectivity index is 3.62. The van der Waals surface area contributed by atoms with Gasteiger partial charge in [0.05, 0.1) is 32.5 Å². The van der Waals surface area contributed by atoms with Crippen LogP contribution in [-0.2, 0) is 9.47 Å². The number of ether oxygens (including phenoxy) is 2. The summed E-state index contributed by atoms with van der Waals surface area (Å²) in [6, 6.07) is 0. The Labute approximate surface area is 155 Å². The molecule has 0 radical (unpaired) electrons. The molecule has 1 N–H and O–H groups in total. The van der Waals surface area contributed by atoms with Gasteiger partial charge in [0.2, 0.25) is 0 Å². The van der Waals surface area contributed by atoms with Gasteiger partial charge in [-0.25, -0.2) is 0 Å². The summed E-state index contributed by atoms with van der Waals surface area (Å²) >= 11 is 0. The van der Waals surface area contributed by atoms with Crippen molar-refractivity contribution in [2.45, 2.75) is 76.7 Å². The third kappa shape index (κ3) is 19.3. The van der Waals surface area contributed by atoms with Gasteiger partial charge in [0.15, 0.2) is 0 Å². The van der Waals surface area contributed by atoms with Crippen molar-refractivity contribution < 1.29 is 14.6 Å². The smallest absolute Gasteiger partial charge is 0.0704 e. The molecule has 0 saturated heterocycles. The molecule has 0 saturated carbocycles. The predicted molar refractivity (Wildman–Crippen MR) is 108 cm³/mol. The van der Waals surface area contributed by atoms with Crippen LogP contribution in [0.2, 0.25) is 0 Å². The Morgan fingerprint density at radius 2 is 1.40 bits per heavy atom. The molecule has 0 aliphatic rings. The van der Waals surface area contributed by atoms with Crippen molar-refractivity contribution in [2.75, 3.05) is 26.4 Å². The minimum Gasteiger partial charge on any atom is -0.394 e. The van der Waals surface area contributed by atoms with E-state index in [1.54, 1.807) is 0 Å². The van der Waals surface area contributed by atoms with E-state index in [0.29, 0.717) is 19.8 Å². The molecule has 146 valence electrons. The molecule has 0 amide bonds. The Morgan fingerprint density at radius 3 is 2.08 bits per heavy atom. The second-order valence-electron chi connectivity index (χ2n) is 6.38. The van der Waals surface area contributed by atoms with Crippen molar-refractivity contribution in [2.24, 2.45) is 0 Å². The molecule has 0 aromatic carbocycles. The van der Waals surface area contributed by atoms with Crippen LogP contribution in [0.1, 0.15) is 70.6 Å². The molecule has 0 spiro atoms. The lowest BCUT2D eigenvalue weighted by Crippen LogP contribution is -2.17. The highest BCUT2D eigenvalue weighted by Gasteiger charge is 2.07. The molecule has 0 bridgehead atoms. The molecule has 0 rings (SSSR count). The highest BCUT2D eigenvalue weighted by Crippen LogP contribution is 2.12. The van der Waals surface area contributed by atoms with Gasteiger partial charge in [-0.2, -0.15) is 0 Å². The first-order valence-corrected chi connectivity index (χ1v) is 10.0. The van der Waals surface area contributed by atoms with Crippen molar-refractivity contribution in [3.8, 4) is 0 Å². The van der Waals surface area contributed by atoms with Crippen LogP contribution in [0.25, 0.3) is 0 Å². The van der Waals surface area contributed by atoms with Crippen molar-refractivity contribution in [3.05, 3.63) is 37.5 Å². The minimum absolute atomic E-state index is 0.0705. The lowest BCUT2D eigenvalue weighted by Gasteiger charge is -2.17. The van der Waals surface area contributed by atoms with E-state index in [-0.39, 0.29) is 12.7 Å². The first kappa shape index (κ1) is 24.1. The fourth-order valence-corrected chi connectivity index (χ4v) is 2.66. The molecule has 3 heteroatoms. The van der Waals surface area contributed by atoms with Gasteiger partial charge in [-0.1, -0.05) is 37.1 Å². The first-order chi connectivity index (χ1) is 12.3. The fourth-order valence-electron chi connectivity index (χ4n) is 2.66. The Morgan fingerprint density at radius 1 is 0.720 bits per heavy atom. The van der Waals surface area contributed by atoms with Gasteiger partial charge in [-0.05, 0) is 57.8 Å². The third-order valence-electron chi connectivity index (χ3n) is 4.10. The predicted octanol–water partition coefficient (Wildman–Crippen LogP) is 5.60. The van der Waals surface area contributed by atoms with Crippen LogP contribution in [0, 0.1) is 0 Å². The van der Waals surface area contributed by atoms with Gasteiger partial charge in [0.25, 0.3) is 0 Å². The molecule has 0 aromatic heterocycles. The molecule has 1 atom stereocenters. The Hall–Kier alpha value is -0.900. The second kappa shape index (κ2) is 21.1. The molecule has 0 heterocycles.